The van der Waals surface area contributed by atoms with E-state index in [2.05, 4.69) is 11.0 Å². The number of thiophene rings is 1. The Morgan fingerprint density at radius 3 is 2.64 bits per heavy atom. The molecular formula is C15H22N2O3S2. The van der Waals surface area contributed by atoms with Crippen molar-refractivity contribution in [2.45, 2.75) is 25.3 Å². The van der Waals surface area contributed by atoms with E-state index < -0.39 is 9.84 Å². The van der Waals surface area contributed by atoms with Crippen molar-refractivity contribution in [1.82, 2.24) is 9.80 Å². The lowest BCUT2D eigenvalue weighted by molar-refractivity contribution is -0.133. The van der Waals surface area contributed by atoms with Gasteiger partial charge < -0.3 is 4.90 Å². The molecule has 2 fully saturated rings. The van der Waals surface area contributed by atoms with Gasteiger partial charge in [-0.25, -0.2) is 8.42 Å². The van der Waals surface area contributed by atoms with Gasteiger partial charge in [0.25, 0.3) is 0 Å². The monoisotopic (exact) mass is 342 g/mol. The molecule has 1 amide bonds. The standard InChI is InChI=1S/C15H22N2O3S2/c18-15(4-3-14-2-1-10-21-14)17-8-6-16(7-9-17)13-5-11-22(19,20)12-13/h1-2,10,13H,3-9,11-12H2/t13-/m0/s1. The molecule has 0 spiro atoms. The van der Waals surface area contributed by atoms with E-state index in [-0.39, 0.29) is 11.9 Å². The zero-order valence-corrected chi connectivity index (χ0v) is 14.2. The van der Waals surface area contributed by atoms with Crippen LogP contribution >= 0.6 is 11.3 Å². The summed E-state index contributed by atoms with van der Waals surface area (Å²) in [4.78, 5) is 17.7. The highest BCUT2D eigenvalue weighted by Crippen LogP contribution is 2.19. The van der Waals surface area contributed by atoms with Crippen molar-refractivity contribution in [2.24, 2.45) is 0 Å². The molecular weight excluding hydrogens is 320 g/mol. The third-order valence-electron chi connectivity index (χ3n) is 4.56. The lowest BCUT2D eigenvalue weighted by Gasteiger charge is -2.37. The fraction of sp³-hybridized carbons (Fsp3) is 0.667. The molecule has 5 nitrogen and oxygen atoms in total. The van der Waals surface area contributed by atoms with Gasteiger partial charge in [-0.15, -0.1) is 11.3 Å². The van der Waals surface area contributed by atoms with Crippen LogP contribution in [-0.4, -0.2) is 67.9 Å². The van der Waals surface area contributed by atoms with E-state index in [1.54, 1.807) is 11.3 Å². The maximum absolute atomic E-state index is 12.2. The highest BCUT2D eigenvalue weighted by Gasteiger charge is 2.34. The molecule has 3 heterocycles. The minimum Gasteiger partial charge on any atom is -0.340 e. The van der Waals surface area contributed by atoms with Gasteiger partial charge in [-0.2, -0.15) is 0 Å². The van der Waals surface area contributed by atoms with Crippen LogP contribution in [0.3, 0.4) is 0 Å². The number of hydrogen-bond donors (Lipinski definition) is 0. The van der Waals surface area contributed by atoms with E-state index in [0.717, 1.165) is 39.0 Å². The molecule has 0 aliphatic carbocycles. The van der Waals surface area contributed by atoms with Crippen LogP contribution in [0.5, 0.6) is 0 Å². The number of piperazine rings is 1. The zero-order valence-electron chi connectivity index (χ0n) is 12.6. The first-order chi connectivity index (χ1) is 10.5. The number of nitrogens with zero attached hydrogens (tertiary/aromatic N) is 2. The van der Waals surface area contributed by atoms with Crippen LogP contribution in [-0.2, 0) is 21.1 Å². The molecule has 1 aromatic heterocycles. The second kappa shape index (κ2) is 6.68. The van der Waals surface area contributed by atoms with Crippen LogP contribution < -0.4 is 0 Å². The summed E-state index contributed by atoms with van der Waals surface area (Å²) in [6.45, 7) is 3.04. The van der Waals surface area contributed by atoms with Crippen molar-refractivity contribution < 1.29 is 13.2 Å². The van der Waals surface area contributed by atoms with Crippen molar-refractivity contribution in [2.75, 3.05) is 37.7 Å². The number of rotatable bonds is 4. The second-order valence-corrected chi connectivity index (χ2v) is 9.31. The van der Waals surface area contributed by atoms with Crippen molar-refractivity contribution >= 4 is 27.1 Å². The predicted octanol–water partition coefficient (Wildman–Crippen LogP) is 1.01. The van der Waals surface area contributed by atoms with Gasteiger partial charge in [0, 0.05) is 43.5 Å². The summed E-state index contributed by atoms with van der Waals surface area (Å²) in [5.74, 6) is 0.823. The molecule has 0 unspecified atom stereocenters. The Hall–Kier alpha value is -0.920. The summed E-state index contributed by atoms with van der Waals surface area (Å²) in [5, 5.41) is 2.04. The van der Waals surface area contributed by atoms with E-state index in [9.17, 15) is 13.2 Å². The topological polar surface area (TPSA) is 57.7 Å². The quantitative estimate of drug-likeness (QED) is 0.819. The van der Waals surface area contributed by atoms with Gasteiger partial charge in [-0.05, 0) is 24.3 Å². The molecule has 0 N–H and O–H groups in total. The Morgan fingerprint density at radius 1 is 1.27 bits per heavy atom. The Bertz CT molecular complexity index is 605. The van der Waals surface area contributed by atoms with Crippen molar-refractivity contribution in [1.29, 1.82) is 0 Å². The van der Waals surface area contributed by atoms with E-state index in [4.69, 9.17) is 0 Å². The summed E-state index contributed by atoms with van der Waals surface area (Å²) < 4.78 is 23.1. The second-order valence-electron chi connectivity index (χ2n) is 6.05. The van der Waals surface area contributed by atoms with Crippen molar-refractivity contribution in [3.63, 3.8) is 0 Å². The Labute approximate surface area is 135 Å². The smallest absolute Gasteiger partial charge is 0.223 e. The normalized spacial score (nSPS) is 25.5. The maximum atomic E-state index is 12.2. The number of carbonyl (C=O) groups excluding carboxylic acids is 1. The van der Waals surface area contributed by atoms with Gasteiger partial charge in [0.2, 0.25) is 5.91 Å². The number of aryl methyl sites for hydroxylation is 1. The molecule has 1 aromatic rings. The van der Waals surface area contributed by atoms with Gasteiger partial charge in [0.15, 0.2) is 9.84 Å². The Balaban J connectivity index is 1.44. The van der Waals surface area contributed by atoms with Crippen LogP contribution in [0.2, 0.25) is 0 Å². The molecule has 0 bridgehead atoms. The minimum atomic E-state index is -2.83. The van der Waals surface area contributed by atoms with Crippen LogP contribution in [0, 0.1) is 0 Å². The highest BCUT2D eigenvalue weighted by atomic mass is 32.2. The van der Waals surface area contributed by atoms with Gasteiger partial charge in [-0.3, -0.25) is 9.69 Å². The fourth-order valence-electron chi connectivity index (χ4n) is 3.24. The molecule has 2 aliphatic heterocycles. The van der Waals surface area contributed by atoms with Crippen molar-refractivity contribution in [3.05, 3.63) is 22.4 Å². The first-order valence-electron chi connectivity index (χ1n) is 7.78. The summed E-state index contributed by atoms with van der Waals surface area (Å²) in [6, 6.07) is 4.24. The average Bonchev–Trinajstić information content (AvgIpc) is 3.14. The molecule has 2 saturated heterocycles. The first kappa shape index (κ1) is 16.0. The van der Waals surface area contributed by atoms with Gasteiger partial charge in [0.1, 0.15) is 0 Å². The van der Waals surface area contributed by atoms with E-state index >= 15 is 0 Å². The van der Waals surface area contributed by atoms with Crippen LogP contribution in [0.4, 0.5) is 0 Å². The summed E-state index contributed by atoms with van der Waals surface area (Å²) in [6.07, 6.45) is 2.13. The third kappa shape index (κ3) is 3.88. The van der Waals surface area contributed by atoms with Gasteiger partial charge >= 0.3 is 0 Å². The SMILES string of the molecule is O=C(CCc1cccs1)N1CCN([C@H]2CCS(=O)(=O)C2)CC1. The van der Waals surface area contributed by atoms with E-state index in [1.165, 1.54) is 4.88 Å². The molecule has 3 rings (SSSR count). The van der Waals surface area contributed by atoms with Crippen molar-refractivity contribution in [3.8, 4) is 0 Å². The lowest BCUT2D eigenvalue weighted by Crippen LogP contribution is -2.52. The average molecular weight is 342 g/mol. The fourth-order valence-corrected chi connectivity index (χ4v) is 5.71. The molecule has 122 valence electrons. The summed E-state index contributed by atoms with van der Waals surface area (Å²) in [5.41, 5.74) is 0. The molecule has 0 saturated carbocycles. The number of sulfone groups is 1. The molecule has 1 atom stereocenters. The maximum Gasteiger partial charge on any atom is 0.223 e. The van der Waals surface area contributed by atoms with Gasteiger partial charge in [-0.1, -0.05) is 6.07 Å². The molecule has 22 heavy (non-hydrogen) atoms. The summed E-state index contributed by atoms with van der Waals surface area (Å²) in [7, 11) is -2.83. The first-order valence-corrected chi connectivity index (χ1v) is 10.5. The number of amides is 1. The van der Waals surface area contributed by atoms with Crippen LogP contribution in [0.25, 0.3) is 0 Å². The Morgan fingerprint density at radius 2 is 2.05 bits per heavy atom. The van der Waals surface area contributed by atoms with Crippen LogP contribution in [0.1, 0.15) is 17.7 Å². The largest absolute Gasteiger partial charge is 0.340 e. The third-order valence-corrected chi connectivity index (χ3v) is 7.24. The molecule has 7 heteroatoms. The van der Waals surface area contributed by atoms with E-state index in [1.807, 2.05) is 16.3 Å². The lowest BCUT2D eigenvalue weighted by atomic mass is 10.1. The number of carbonyl (C=O) groups is 1. The molecule has 0 radical (unpaired) electrons. The minimum absolute atomic E-state index is 0.161. The predicted molar refractivity (Wildman–Crippen MR) is 87.9 cm³/mol. The highest BCUT2D eigenvalue weighted by molar-refractivity contribution is 7.91. The Kier molecular flexibility index (Phi) is 4.84. The molecule has 0 aromatic carbocycles. The van der Waals surface area contributed by atoms with Gasteiger partial charge in [0.05, 0.1) is 11.5 Å². The van der Waals surface area contributed by atoms with Crippen LogP contribution in [0.15, 0.2) is 17.5 Å². The molecule has 2 aliphatic rings. The number of hydrogen-bond acceptors (Lipinski definition) is 5. The van der Waals surface area contributed by atoms with E-state index in [0.29, 0.717) is 17.9 Å². The summed E-state index contributed by atoms with van der Waals surface area (Å²) >= 11 is 1.69. The zero-order chi connectivity index (χ0) is 15.6.